The number of hydrogen-bond donors (Lipinski definition) is 0. The Morgan fingerprint density at radius 1 is 1.31 bits per heavy atom. The average Bonchev–Trinajstić information content (AvgIpc) is 2.30. The summed E-state index contributed by atoms with van der Waals surface area (Å²) in [5, 5.41) is 0. The van der Waals surface area contributed by atoms with Crippen molar-refractivity contribution in [3.63, 3.8) is 0 Å². The fourth-order valence-electron chi connectivity index (χ4n) is 1.68. The molecule has 0 unspecified atom stereocenters. The first kappa shape index (κ1) is 14.7. The molecule has 3 nitrogen and oxygen atoms in total. The van der Waals surface area contributed by atoms with Gasteiger partial charge in [-0.15, -0.1) is 0 Å². The lowest BCUT2D eigenvalue weighted by molar-refractivity contribution is -0.108. The number of rotatable bonds is 6. The van der Waals surface area contributed by atoms with E-state index in [2.05, 4.69) is 36.4 Å². The van der Waals surface area contributed by atoms with Crippen molar-refractivity contribution in [3.05, 3.63) is 0 Å². The van der Waals surface area contributed by atoms with E-state index < -0.39 is 0 Å². The quantitative estimate of drug-likeness (QED) is 0.549. The molecule has 0 radical (unpaired) electrons. The van der Waals surface area contributed by atoms with Crippen LogP contribution in [0.4, 0.5) is 0 Å². The fraction of sp³-hybridized carbons (Fsp3) is 1.00. The molecule has 0 aliphatic carbocycles. The van der Waals surface area contributed by atoms with Gasteiger partial charge in [-0.1, -0.05) is 22.6 Å². The molecule has 0 amide bonds. The highest BCUT2D eigenvalue weighted by atomic mass is 127. The second-order valence-corrected chi connectivity index (χ2v) is 5.75. The Labute approximate surface area is 112 Å². The molecule has 0 bridgehead atoms. The number of ether oxygens (including phenoxy) is 3. The SMILES string of the molecule is COC(C)(C)CCOC1(CI)CCOCC1. The first-order chi connectivity index (χ1) is 7.54. The van der Waals surface area contributed by atoms with Gasteiger partial charge in [0.1, 0.15) is 0 Å². The molecule has 0 aromatic heterocycles. The van der Waals surface area contributed by atoms with Gasteiger partial charge in [0.25, 0.3) is 0 Å². The Balaban J connectivity index is 2.33. The second-order valence-electron chi connectivity index (χ2n) is 4.99. The number of hydrogen-bond acceptors (Lipinski definition) is 3. The van der Waals surface area contributed by atoms with E-state index in [1.54, 1.807) is 7.11 Å². The van der Waals surface area contributed by atoms with Gasteiger partial charge in [-0.3, -0.25) is 0 Å². The maximum atomic E-state index is 6.09. The van der Waals surface area contributed by atoms with Crippen LogP contribution in [0.1, 0.15) is 33.1 Å². The second kappa shape index (κ2) is 6.52. The van der Waals surface area contributed by atoms with Crippen LogP contribution in [0, 0.1) is 0 Å². The van der Waals surface area contributed by atoms with Crippen LogP contribution >= 0.6 is 22.6 Å². The maximum absolute atomic E-state index is 6.09. The zero-order chi connectivity index (χ0) is 12.1. The zero-order valence-electron chi connectivity index (χ0n) is 10.6. The topological polar surface area (TPSA) is 27.7 Å². The van der Waals surface area contributed by atoms with Gasteiger partial charge in [0.05, 0.1) is 17.8 Å². The van der Waals surface area contributed by atoms with Crippen LogP contribution in [0.5, 0.6) is 0 Å². The monoisotopic (exact) mass is 342 g/mol. The van der Waals surface area contributed by atoms with E-state index in [-0.39, 0.29) is 11.2 Å². The molecule has 0 N–H and O–H groups in total. The Kier molecular flexibility index (Phi) is 5.98. The third-order valence-electron chi connectivity index (χ3n) is 3.31. The van der Waals surface area contributed by atoms with Crippen LogP contribution < -0.4 is 0 Å². The zero-order valence-corrected chi connectivity index (χ0v) is 12.7. The summed E-state index contributed by atoms with van der Waals surface area (Å²) in [6.07, 6.45) is 2.97. The summed E-state index contributed by atoms with van der Waals surface area (Å²) >= 11 is 2.42. The molecule has 1 saturated heterocycles. The summed E-state index contributed by atoms with van der Waals surface area (Å²) in [7, 11) is 1.75. The molecule has 0 spiro atoms. The Bertz CT molecular complexity index is 200. The smallest absolute Gasteiger partial charge is 0.0815 e. The van der Waals surface area contributed by atoms with Crippen molar-refractivity contribution in [1.82, 2.24) is 0 Å². The molecule has 96 valence electrons. The Morgan fingerprint density at radius 2 is 1.94 bits per heavy atom. The Hall–Kier alpha value is 0.610. The van der Waals surface area contributed by atoms with Crippen molar-refractivity contribution < 1.29 is 14.2 Å². The summed E-state index contributed by atoms with van der Waals surface area (Å²) in [4.78, 5) is 0. The van der Waals surface area contributed by atoms with Crippen molar-refractivity contribution in [2.45, 2.75) is 44.3 Å². The third-order valence-corrected chi connectivity index (χ3v) is 4.70. The number of alkyl halides is 1. The lowest BCUT2D eigenvalue weighted by Gasteiger charge is -2.36. The molecule has 4 heteroatoms. The van der Waals surface area contributed by atoms with E-state index in [1.807, 2.05) is 0 Å². The highest BCUT2D eigenvalue weighted by Crippen LogP contribution is 2.28. The summed E-state index contributed by atoms with van der Waals surface area (Å²) in [5.41, 5.74) is -0.0414. The largest absolute Gasteiger partial charge is 0.381 e. The molecule has 1 heterocycles. The summed E-state index contributed by atoms with van der Waals surface area (Å²) in [6, 6.07) is 0. The van der Waals surface area contributed by atoms with Gasteiger partial charge in [0, 0.05) is 37.6 Å². The highest BCUT2D eigenvalue weighted by molar-refractivity contribution is 14.1. The van der Waals surface area contributed by atoms with Crippen LogP contribution in [-0.4, -0.2) is 42.6 Å². The van der Waals surface area contributed by atoms with E-state index in [0.29, 0.717) is 0 Å². The average molecular weight is 342 g/mol. The Morgan fingerprint density at radius 3 is 2.44 bits per heavy atom. The molecule has 16 heavy (non-hydrogen) atoms. The van der Waals surface area contributed by atoms with Crippen LogP contribution in [0.3, 0.4) is 0 Å². The molecule has 0 atom stereocenters. The van der Waals surface area contributed by atoms with Crippen LogP contribution in [-0.2, 0) is 14.2 Å². The van der Waals surface area contributed by atoms with Crippen LogP contribution in [0.2, 0.25) is 0 Å². The summed E-state index contributed by atoms with van der Waals surface area (Å²) < 4.78 is 17.9. The summed E-state index contributed by atoms with van der Waals surface area (Å²) in [5.74, 6) is 0. The minimum atomic E-state index is -0.0857. The van der Waals surface area contributed by atoms with Gasteiger partial charge in [0.15, 0.2) is 0 Å². The number of methoxy groups -OCH3 is 1. The molecule has 1 rings (SSSR count). The molecule has 1 fully saturated rings. The van der Waals surface area contributed by atoms with Gasteiger partial charge in [-0.25, -0.2) is 0 Å². The minimum absolute atomic E-state index is 0.0443. The van der Waals surface area contributed by atoms with Crippen LogP contribution in [0.25, 0.3) is 0 Å². The molecule has 1 aliphatic rings. The number of halogens is 1. The van der Waals surface area contributed by atoms with Gasteiger partial charge >= 0.3 is 0 Å². The van der Waals surface area contributed by atoms with Gasteiger partial charge in [-0.05, 0) is 20.3 Å². The normalized spacial score (nSPS) is 21.0. The molecule has 0 saturated carbocycles. The maximum Gasteiger partial charge on any atom is 0.0815 e. The molecule has 0 aromatic rings. The predicted octanol–water partition coefficient (Wildman–Crippen LogP) is 2.80. The minimum Gasteiger partial charge on any atom is -0.381 e. The van der Waals surface area contributed by atoms with Crippen molar-refractivity contribution >= 4 is 22.6 Å². The lowest BCUT2D eigenvalue weighted by atomic mass is 9.96. The van der Waals surface area contributed by atoms with Gasteiger partial charge < -0.3 is 14.2 Å². The fourth-order valence-corrected chi connectivity index (χ4v) is 2.66. The van der Waals surface area contributed by atoms with Crippen molar-refractivity contribution in [3.8, 4) is 0 Å². The summed E-state index contributed by atoms with van der Waals surface area (Å²) in [6.45, 7) is 6.62. The molecular weight excluding hydrogens is 319 g/mol. The van der Waals surface area contributed by atoms with Crippen molar-refractivity contribution in [2.24, 2.45) is 0 Å². The van der Waals surface area contributed by atoms with Gasteiger partial charge in [-0.2, -0.15) is 0 Å². The van der Waals surface area contributed by atoms with Crippen molar-refractivity contribution in [2.75, 3.05) is 31.4 Å². The lowest BCUT2D eigenvalue weighted by Crippen LogP contribution is -2.41. The van der Waals surface area contributed by atoms with Crippen LogP contribution in [0.15, 0.2) is 0 Å². The van der Waals surface area contributed by atoms with Crippen molar-refractivity contribution in [1.29, 1.82) is 0 Å². The van der Waals surface area contributed by atoms with E-state index in [9.17, 15) is 0 Å². The van der Waals surface area contributed by atoms with E-state index in [1.165, 1.54) is 0 Å². The van der Waals surface area contributed by atoms with E-state index in [4.69, 9.17) is 14.2 Å². The first-order valence-electron chi connectivity index (χ1n) is 5.86. The standard InChI is InChI=1S/C12H23IO3/c1-11(2,14-3)4-9-16-12(10-13)5-7-15-8-6-12/h4-10H2,1-3H3. The predicted molar refractivity (Wildman–Crippen MR) is 73.3 cm³/mol. The van der Waals surface area contributed by atoms with E-state index in [0.717, 1.165) is 43.5 Å². The molecule has 0 aromatic carbocycles. The highest BCUT2D eigenvalue weighted by Gasteiger charge is 2.32. The first-order valence-corrected chi connectivity index (χ1v) is 7.39. The third kappa shape index (κ3) is 4.47. The van der Waals surface area contributed by atoms with Gasteiger partial charge in [0.2, 0.25) is 0 Å². The van der Waals surface area contributed by atoms with E-state index >= 15 is 0 Å². The molecular formula is C12H23IO3. The molecule has 1 aliphatic heterocycles.